The minimum absolute atomic E-state index is 0.0800. The van der Waals surface area contributed by atoms with E-state index in [2.05, 4.69) is 0 Å². The number of carbonyl (C=O) groups is 1. The predicted molar refractivity (Wildman–Crippen MR) is 61.0 cm³/mol. The van der Waals surface area contributed by atoms with Crippen LogP contribution in [0.2, 0.25) is 0 Å². The van der Waals surface area contributed by atoms with Crippen LogP contribution in [0.5, 0.6) is 0 Å². The molecule has 0 radical (unpaired) electrons. The Labute approximate surface area is 107 Å². The number of alkyl halides is 3. The Kier molecular flexibility index (Phi) is 4.54. The number of hydrogen-bond acceptors (Lipinski definition) is 3. The van der Waals surface area contributed by atoms with E-state index in [9.17, 15) is 28.2 Å². The summed E-state index contributed by atoms with van der Waals surface area (Å²) in [6.07, 6.45) is -8.22. The molecule has 0 bridgehead atoms. The number of primary amides is 1. The van der Waals surface area contributed by atoms with Crippen LogP contribution >= 0.6 is 0 Å². The molecule has 2 unspecified atom stereocenters. The Morgan fingerprint density at radius 3 is 2.42 bits per heavy atom. The van der Waals surface area contributed by atoms with Crippen molar-refractivity contribution in [2.45, 2.75) is 31.7 Å². The number of halogens is 3. The Balaban J connectivity index is 3.11. The number of carbonyl (C=O) groups excluding carboxylic acids is 1. The second kappa shape index (κ2) is 5.58. The van der Waals surface area contributed by atoms with E-state index < -0.39 is 36.3 Å². The molecular formula is C12H14F3NO3. The maximum Gasteiger partial charge on any atom is 0.416 e. The Morgan fingerprint density at radius 1 is 1.37 bits per heavy atom. The average molecular weight is 277 g/mol. The first-order chi connectivity index (χ1) is 8.64. The van der Waals surface area contributed by atoms with Crippen molar-refractivity contribution >= 4 is 5.91 Å². The largest absolute Gasteiger partial charge is 0.416 e. The third-order valence-corrected chi connectivity index (χ3v) is 2.77. The van der Waals surface area contributed by atoms with E-state index in [1.807, 2.05) is 0 Å². The molecule has 0 aliphatic rings. The summed E-state index contributed by atoms with van der Waals surface area (Å²) in [7, 11) is 0. The normalized spacial score (nSPS) is 15.1. The van der Waals surface area contributed by atoms with Gasteiger partial charge in [-0.15, -0.1) is 0 Å². The zero-order valence-corrected chi connectivity index (χ0v) is 10.1. The molecule has 0 aromatic heterocycles. The van der Waals surface area contributed by atoms with Crippen LogP contribution in [0.25, 0.3) is 0 Å². The molecule has 0 fully saturated rings. The molecule has 4 N–H and O–H groups in total. The number of nitrogens with two attached hydrogens (primary N) is 1. The van der Waals surface area contributed by atoms with Gasteiger partial charge in [0.05, 0.1) is 18.1 Å². The van der Waals surface area contributed by atoms with Gasteiger partial charge >= 0.3 is 6.18 Å². The van der Waals surface area contributed by atoms with Crippen LogP contribution in [0, 0.1) is 6.92 Å². The number of aliphatic hydroxyl groups excluding tert-OH is 2. The smallest absolute Gasteiger partial charge is 0.390 e. The van der Waals surface area contributed by atoms with Crippen molar-refractivity contribution in [2.24, 2.45) is 5.73 Å². The highest BCUT2D eigenvalue weighted by atomic mass is 19.4. The van der Waals surface area contributed by atoms with Gasteiger partial charge in [0.1, 0.15) is 6.10 Å². The van der Waals surface area contributed by atoms with Gasteiger partial charge in [0.25, 0.3) is 0 Å². The average Bonchev–Trinajstić information content (AvgIpc) is 2.25. The predicted octanol–water partition coefficient (Wildman–Crippen LogP) is 1.28. The maximum absolute atomic E-state index is 12.7. The molecule has 0 saturated heterocycles. The molecule has 106 valence electrons. The molecule has 7 heteroatoms. The topological polar surface area (TPSA) is 83.6 Å². The SMILES string of the molecule is Cc1c(C(O)C(O)CC(N)=O)cccc1C(F)(F)F. The van der Waals surface area contributed by atoms with Crippen molar-refractivity contribution in [1.29, 1.82) is 0 Å². The van der Waals surface area contributed by atoms with E-state index in [0.717, 1.165) is 12.1 Å². The number of benzene rings is 1. The molecule has 4 nitrogen and oxygen atoms in total. The molecule has 0 heterocycles. The zero-order valence-electron chi connectivity index (χ0n) is 10.1. The molecule has 1 amide bonds. The van der Waals surface area contributed by atoms with Crippen LogP contribution < -0.4 is 5.73 Å². The minimum Gasteiger partial charge on any atom is -0.390 e. The Morgan fingerprint density at radius 2 is 1.95 bits per heavy atom. The second-order valence-corrected chi connectivity index (χ2v) is 4.20. The molecule has 2 atom stereocenters. The zero-order chi connectivity index (χ0) is 14.8. The summed E-state index contributed by atoms with van der Waals surface area (Å²) in [6.45, 7) is 1.19. The quantitative estimate of drug-likeness (QED) is 0.775. The molecule has 19 heavy (non-hydrogen) atoms. The minimum atomic E-state index is -4.55. The molecule has 0 saturated carbocycles. The van der Waals surface area contributed by atoms with Gasteiger partial charge in [0.15, 0.2) is 0 Å². The molecule has 1 aromatic rings. The first kappa shape index (κ1) is 15.5. The summed E-state index contributed by atoms with van der Waals surface area (Å²) < 4.78 is 38.1. The summed E-state index contributed by atoms with van der Waals surface area (Å²) in [6, 6.07) is 3.27. The van der Waals surface area contributed by atoms with Crippen LogP contribution in [0.15, 0.2) is 18.2 Å². The summed E-state index contributed by atoms with van der Waals surface area (Å²) >= 11 is 0. The van der Waals surface area contributed by atoms with Gasteiger partial charge in [-0.1, -0.05) is 12.1 Å². The van der Waals surface area contributed by atoms with Gasteiger partial charge in [-0.3, -0.25) is 4.79 Å². The van der Waals surface area contributed by atoms with E-state index in [1.54, 1.807) is 0 Å². The molecule has 1 aromatic carbocycles. The number of amides is 1. The van der Waals surface area contributed by atoms with Gasteiger partial charge in [0.2, 0.25) is 5.91 Å². The lowest BCUT2D eigenvalue weighted by Crippen LogP contribution is -2.26. The number of hydrogen-bond donors (Lipinski definition) is 3. The van der Waals surface area contributed by atoms with E-state index in [1.165, 1.54) is 13.0 Å². The molecular weight excluding hydrogens is 263 g/mol. The van der Waals surface area contributed by atoms with Crippen LogP contribution in [0.1, 0.15) is 29.2 Å². The van der Waals surface area contributed by atoms with Crippen LogP contribution in [0.3, 0.4) is 0 Å². The van der Waals surface area contributed by atoms with Crippen molar-refractivity contribution in [3.63, 3.8) is 0 Å². The van der Waals surface area contributed by atoms with Crippen molar-refractivity contribution < 1.29 is 28.2 Å². The van der Waals surface area contributed by atoms with Gasteiger partial charge in [0, 0.05) is 0 Å². The fourth-order valence-corrected chi connectivity index (χ4v) is 1.81. The number of rotatable bonds is 4. The number of aliphatic hydroxyl groups is 2. The second-order valence-electron chi connectivity index (χ2n) is 4.20. The van der Waals surface area contributed by atoms with E-state index in [4.69, 9.17) is 5.73 Å². The standard InChI is InChI=1S/C12H14F3NO3/c1-6-7(11(19)9(17)5-10(16)18)3-2-4-8(6)12(13,14)15/h2-4,9,11,17,19H,5H2,1H3,(H2,16,18). The van der Waals surface area contributed by atoms with Crippen molar-refractivity contribution in [3.05, 3.63) is 34.9 Å². The van der Waals surface area contributed by atoms with E-state index >= 15 is 0 Å². The molecule has 0 spiro atoms. The van der Waals surface area contributed by atoms with Crippen molar-refractivity contribution in [1.82, 2.24) is 0 Å². The first-order valence-electron chi connectivity index (χ1n) is 5.45. The van der Waals surface area contributed by atoms with Gasteiger partial charge in [-0.05, 0) is 24.1 Å². The summed E-state index contributed by atoms with van der Waals surface area (Å²) in [5.74, 6) is -0.851. The Hall–Kier alpha value is -1.60. The van der Waals surface area contributed by atoms with Gasteiger partial charge in [-0.25, -0.2) is 0 Å². The van der Waals surface area contributed by atoms with Crippen LogP contribution in [-0.4, -0.2) is 22.2 Å². The van der Waals surface area contributed by atoms with Crippen molar-refractivity contribution in [2.75, 3.05) is 0 Å². The molecule has 0 aliphatic heterocycles. The molecule has 1 rings (SSSR count). The van der Waals surface area contributed by atoms with E-state index in [0.29, 0.717) is 0 Å². The molecule has 0 aliphatic carbocycles. The lowest BCUT2D eigenvalue weighted by Gasteiger charge is -2.21. The summed E-state index contributed by atoms with van der Waals surface area (Å²) in [5, 5.41) is 19.3. The lowest BCUT2D eigenvalue weighted by atomic mass is 9.94. The monoisotopic (exact) mass is 277 g/mol. The third-order valence-electron chi connectivity index (χ3n) is 2.77. The fraction of sp³-hybridized carbons (Fsp3) is 0.417. The third kappa shape index (κ3) is 3.68. The Bertz CT molecular complexity index is 474. The van der Waals surface area contributed by atoms with E-state index in [-0.39, 0.29) is 11.1 Å². The maximum atomic E-state index is 12.7. The first-order valence-corrected chi connectivity index (χ1v) is 5.45. The fourth-order valence-electron chi connectivity index (χ4n) is 1.81. The summed E-state index contributed by atoms with van der Waals surface area (Å²) in [4.78, 5) is 10.6. The highest BCUT2D eigenvalue weighted by molar-refractivity contribution is 5.74. The van der Waals surface area contributed by atoms with Crippen molar-refractivity contribution in [3.8, 4) is 0 Å². The lowest BCUT2D eigenvalue weighted by molar-refractivity contribution is -0.138. The highest BCUT2D eigenvalue weighted by Crippen LogP contribution is 2.35. The summed E-state index contributed by atoms with van der Waals surface area (Å²) in [5.41, 5.74) is 3.69. The van der Waals surface area contributed by atoms with Crippen LogP contribution in [-0.2, 0) is 11.0 Å². The van der Waals surface area contributed by atoms with Crippen LogP contribution in [0.4, 0.5) is 13.2 Å². The van der Waals surface area contributed by atoms with Gasteiger partial charge in [-0.2, -0.15) is 13.2 Å². The van der Waals surface area contributed by atoms with Gasteiger partial charge < -0.3 is 15.9 Å². The highest BCUT2D eigenvalue weighted by Gasteiger charge is 2.34.